The van der Waals surface area contributed by atoms with Crippen LogP contribution in [0.1, 0.15) is 44.0 Å². The molecule has 0 fully saturated rings. The summed E-state index contributed by atoms with van der Waals surface area (Å²) in [6.45, 7) is 3.89. The minimum atomic E-state index is -0.258. The molecule has 0 aliphatic rings. The Labute approximate surface area is 304 Å². The van der Waals surface area contributed by atoms with E-state index >= 15 is 0 Å². The van der Waals surface area contributed by atoms with Crippen LogP contribution in [0.5, 0.6) is 0 Å². The highest BCUT2D eigenvalue weighted by molar-refractivity contribution is 7.80. The molecule has 0 unspecified atom stereocenters. The summed E-state index contributed by atoms with van der Waals surface area (Å²) in [5.41, 5.74) is 5.06. The number of hydrogen-bond acceptors (Lipinski definition) is 8. The molecule has 2 amide bonds. The summed E-state index contributed by atoms with van der Waals surface area (Å²) in [6, 6.07) is 33.4. The number of anilines is 2. The number of thiophene rings is 1. The predicted octanol–water partition coefficient (Wildman–Crippen LogP) is 8.57. The summed E-state index contributed by atoms with van der Waals surface area (Å²) >= 11 is 11.7. The van der Waals surface area contributed by atoms with Gasteiger partial charge in [-0.15, -0.1) is 11.3 Å². The smallest absolute Gasteiger partial charge is 0.267 e. The Balaban J connectivity index is 0.000000195. The second-order valence-corrected chi connectivity index (χ2v) is 12.6. The minimum absolute atomic E-state index is 0.130. The molecule has 3 aromatic heterocycles. The summed E-state index contributed by atoms with van der Waals surface area (Å²) < 4.78 is 11.2. The van der Waals surface area contributed by atoms with Gasteiger partial charge in [-0.05, 0) is 128 Å². The molecular formula is C38H34N4O5S3. The van der Waals surface area contributed by atoms with Crippen molar-refractivity contribution in [1.29, 1.82) is 0 Å². The normalized spacial score (nSPS) is 10.4. The maximum Gasteiger partial charge on any atom is 0.267 e. The number of benzene rings is 3. The quantitative estimate of drug-likeness (QED) is 0.0982. The maximum atomic E-state index is 12.2. The molecule has 0 aliphatic carbocycles. The standard InChI is InChI=1S/C20H18N2O3S.C18H16N2O2S2/c1-13-2-4-15(5-3-13)19(24)22-20(26)21-16-8-6-14(7-9-16)18-11-10-17(12-23)25-18;1-2-14-9-10-15(22-14)12-5-7-13(8-6-12)19-18(23)20-17(21)16-4-3-11-24-16/h2-11,23H,12H2,1H3,(H2,21,22,24,26);3-11H,2H2,1H3,(H2,19,20,21,23). The van der Waals surface area contributed by atoms with Crippen LogP contribution in [0.25, 0.3) is 22.6 Å². The lowest BCUT2D eigenvalue weighted by atomic mass is 10.1. The highest BCUT2D eigenvalue weighted by Gasteiger charge is 2.11. The van der Waals surface area contributed by atoms with Crippen molar-refractivity contribution in [2.45, 2.75) is 26.9 Å². The fraction of sp³-hybridized carbons (Fsp3) is 0.105. The Bertz CT molecular complexity index is 2050. The SMILES string of the molecule is CCc1ccc(-c2ccc(NC(=S)NC(=O)c3cccs3)cc2)o1.Cc1ccc(C(=O)NC(=S)Nc2ccc(-c3ccc(CO)o3)cc2)cc1. The Morgan fingerprint density at radius 2 is 1.20 bits per heavy atom. The van der Waals surface area contributed by atoms with E-state index in [1.807, 2.05) is 91.2 Å². The lowest BCUT2D eigenvalue weighted by Gasteiger charge is -2.10. The molecule has 6 rings (SSSR count). The summed E-state index contributed by atoms with van der Waals surface area (Å²) in [5, 5.41) is 22.7. The van der Waals surface area contributed by atoms with Crippen LogP contribution in [0.2, 0.25) is 0 Å². The zero-order valence-corrected chi connectivity index (χ0v) is 29.6. The van der Waals surface area contributed by atoms with Gasteiger partial charge in [-0.3, -0.25) is 20.2 Å². The van der Waals surface area contributed by atoms with E-state index in [1.165, 1.54) is 11.3 Å². The topological polar surface area (TPSA) is 129 Å². The van der Waals surface area contributed by atoms with Crippen LogP contribution in [0.4, 0.5) is 11.4 Å². The number of amides is 2. The second kappa shape index (κ2) is 17.3. The molecule has 254 valence electrons. The molecule has 3 heterocycles. The van der Waals surface area contributed by atoms with E-state index in [4.69, 9.17) is 38.4 Å². The molecule has 0 radical (unpaired) electrons. The molecule has 6 aromatic rings. The minimum Gasteiger partial charge on any atom is -0.461 e. The van der Waals surface area contributed by atoms with Crippen molar-refractivity contribution in [2.75, 3.05) is 10.6 Å². The van der Waals surface area contributed by atoms with E-state index < -0.39 is 0 Å². The average Bonchev–Trinajstić information content (AvgIpc) is 3.92. The summed E-state index contributed by atoms with van der Waals surface area (Å²) in [5.74, 6) is 2.53. The molecule has 5 N–H and O–H groups in total. The van der Waals surface area contributed by atoms with Crippen LogP contribution in [-0.2, 0) is 13.0 Å². The maximum absolute atomic E-state index is 12.2. The van der Waals surface area contributed by atoms with Crippen molar-refractivity contribution in [3.63, 3.8) is 0 Å². The molecule has 0 saturated heterocycles. The lowest BCUT2D eigenvalue weighted by Crippen LogP contribution is -2.34. The Kier molecular flexibility index (Phi) is 12.4. The highest BCUT2D eigenvalue weighted by Crippen LogP contribution is 2.25. The van der Waals surface area contributed by atoms with Crippen LogP contribution in [0.15, 0.2) is 123 Å². The average molecular weight is 723 g/mol. The third kappa shape index (κ3) is 10.1. The van der Waals surface area contributed by atoms with Crippen LogP contribution in [0, 0.1) is 6.92 Å². The Hall–Kier alpha value is -5.40. The molecule has 0 atom stereocenters. The van der Waals surface area contributed by atoms with Gasteiger partial charge in [0.1, 0.15) is 29.6 Å². The van der Waals surface area contributed by atoms with Crippen molar-refractivity contribution in [3.05, 3.63) is 142 Å². The molecule has 3 aromatic carbocycles. The van der Waals surface area contributed by atoms with Gasteiger partial charge in [-0.1, -0.05) is 30.7 Å². The lowest BCUT2D eigenvalue weighted by molar-refractivity contribution is 0.0971. The third-order valence-electron chi connectivity index (χ3n) is 7.20. The van der Waals surface area contributed by atoms with Gasteiger partial charge in [0.15, 0.2) is 10.2 Å². The zero-order chi connectivity index (χ0) is 35.5. The van der Waals surface area contributed by atoms with Crippen LogP contribution < -0.4 is 21.3 Å². The van der Waals surface area contributed by atoms with E-state index in [-0.39, 0.29) is 28.6 Å². The second-order valence-electron chi connectivity index (χ2n) is 10.9. The molecule has 0 aliphatic heterocycles. The van der Waals surface area contributed by atoms with Gasteiger partial charge in [-0.25, -0.2) is 0 Å². The van der Waals surface area contributed by atoms with E-state index in [1.54, 1.807) is 30.3 Å². The number of hydrogen-bond donors (Lipinski definition) is 5. The van der Waals surface area contributed by atoms with Crippen molar-refractivity contribution < 1.29 is 23.5 Å². The van der Waals surface area contributed by atoms with Gasteiger partial charge >= 0.3 is 0 Å². The van der Waals surface area contributed by atoms with E-state index in [2.05, 4.69) is 28.2 Å². The van der Waals surface area contributed by atoms with E-state index in [9.17, 15) is 9.59 Å². The first kappa shape index (κ1) is 35.9. The first-order valence-corrected chi connectivity index (χ1v) is 17.2. The van der Waals surface area contributed by atoms with Crippen LogP contribution in [0.3, 0.4) is 0 Å². The first-order valence-electron chi connectivity index (χ1n) is 15.5. The number of thiocarbonyl (C=S) groups is 2. The summed E-state index contributed by atoms with van der Waals surface area (Å²) in [6.07, 6.45) is 0.873. The molecule has 0 bridgehead atoms. The van der Waals surface area contributed by atoms with Crippen molar-refractivity contribution >= 4 is 69.2 Å². The number of nitrogens with one attached hydrogen (secondary N) is 4. The van der Waals surface area contributed by atoms with Crippen molar-refractivity contribution in [2.24, 2.45) is 0 Å². The zero-order valence-electron chi connectivity index (χ0n) is 27.2. The monoisotopic (exact) mass is 722 g/mol. The Morgan fingerprint density at radius 3 is 1.66 bits per heavy atom. The number of furan rings is 2. The van der Waals surface area contributed by atoms with Crippen LogP contribution in [-0.4, -0.2) is 27.1 Å². The molecule has 0 saturated carbocycles. The van der Waals surface area contributed by atoms with Crippen molar-refractivity contribution in [3.8, 4) is 22.6 Å². The molecule has 50 heavy (non-hydrogen) atoms. The van der Waals surface area contributed by atoms with Gasteiger partial charge in [0.2, 0.25) is 0 Å². The number of carbonyl (C=O) groups is 2. The number of aryl methyl sites for hydroxylation is 2. The number of aliphatic hydroxyl groups excluding tert-OH is 1. The molecule has 0 spiro atoms. The predicted molar refractivity (Wildman–Crippen MR) is 206 cm³/mol. The first-order chi connectivity index (χ1) is 24.2. The highest BCUT2D eigenvalue weighted by atomic mass is 32.1. The molecular weight excluding hydrogens is 689 g/mol. The summed E-state index contributed by atoms with van der Waals surface area (Å²) in [4.78, 5) is 24.7. The fourth-order valence-corrected chi connectivity index (χ4v) is 5.59. The van der Waals surface area contributed by atoms with Gasteiger partial charge < -0.3 is 24.6 Å². The van der Waals surface area contributed by atoms with Crippen LogP contribution >= 0.6 is 35.8 Å². The van der Waals surface area contributed by atoms with Gasteiger partial charge in [0.25, 0.3) is 11.8 Å². The number of rotatable bonds is 8. The fourth-order valence-electron chi connectivity index (χ4n) is 4.55. The Morgan fingerprint density at radius 1 is 0.680 bits per heavy atom. The van der Waals surface area contributed by atoms with E-state index in [0.717, 1.165) is 46.0 Å². The molecule has 9 nitrogen and oxygen atoms in total. The largest absolute Gasteiger partial charge is 0.461 e. The molecule has 12 heteroatoms. The van der Waals surface area contributed by atoms with Gasteiger partial charge in [0.05, 0.1) is 4.88 Å². The summed E-state index contributed by atoms with van der Waals surface area (Å²) in [7, 11) is 0. The van der Waals surface area contributed by atoms with Crippen molar-refractivity contribution in [1.82, 2.24) is 10.6 Å². The van der Waals surface area contributed by atoms with E-state index in [0.29, 0.717) is 22.0 Å². The number of aliphatic hydroxyl groups is 1. The number of carbonyl (C=O) groups excluding carboxylic acids is 2. The third-order valence-corrected chi connectivity index (χ3v) is 8.47. The van der Waals surface area contributed by atoms with Gasteiger partial charge in [-0.2, -0.15) is 0 Å². The van der Waals surface area contributed by atoms with Gasteiger partial charge in [0, 0.05) is 34.5 Å².